The second-order valence-electron chi connectivity index (χ2n) is 1.39. The molecule has 0 fully saturated rings. The highest BCUT2D eigenvalue weighted by Crippen LogP contribution is 1.79. The second-order valence-corrected chi connectivity index (χ2v) is 5.16. The van der Waals surface area contributed by atoms with Gasteiger partial charge in [-0.05, 0) is 0 Å². The second kappa shape index (κ2) is 3.73. The van der Waals surface area contributed by atoms with Crippen molar-refractivity contribution in [2.24, 2.45) is 0 Å². The van der Waals surface area contributed by atoms with E-state index >= 15 is 0 Å². The van der Waals surface area contributed by atoms with Gasteiger partial charge in [-0.2, -0.15) is 16.8 Å². The average molecular weight is 240 g/mol. The van der Waals surface area contributed by atoms with Gasteiger partial charge in [0.15, 0.2) is 11.2 Å². The van der Waals surface area contributed by atoms with Gasteiger partial charge in [0.2, 0.25) is 0 Å². The molecule has 0 amide bonds. The Morgan fingerprint density at radius 2 is 1.17 bits per heavy atom. The molecule has 0 atom stereocenters. The smallest absolute Gasteiger partial charge is 0.273 e. The lowest BCUT2D eigenvalue weighted by atomic mass is 13.8. The summed E-state index contributed by atoms with van der Waals surface area (Å²) < 4.78 is 67.5. The zero-order valence-electron chi connectivity index (χ0n) is 5.16. The lowest BCUT2D eigenvalue weighted by molar-refractivity contribution is 0.478. The predicted molar refractivity (Wildman–Crippen MR) is 37.5 cm³/mol. The zero-order valence-corrected chi connectivity index (χ0v) is 7.61. The molecular weight excluding hydrogens is 236 g/mol. The van der Waals surface area contributed by atoms with E-state index in [2.05, 4.69) is 0 Å². The molecule has 9 nitrogen and oxygen atoms in total. The standard InChI is InChI=1S/H4N2O7S3/c3-10(1-11(4,5)6)2-12(7,8)9/h1-2H,(H,4,5,6)(H,7,8,9). The van der Waals surface area contributed by atoms with E-state index in [1.807, 2.05) is 0 Å². The summed E-state index contributed by atoms with van der Waals surface area (Å²) in [5.74, 6) is 0. The van der Waals surface area contributed by atoms with Crippen LogP contribution in [0.2, 0.25) is 0 Å². The van der Waals surface area contributed by atoms with Gasteiger partial charge in [0.05, 0.1) is 0 Å². The quantitative estimate of drug-likeness (QED) is 0.392. The Bertz CT molecular complexity index is 323. The van der Waals surface area contributed by atoms with Crippen LogP contribution in [0.3, 0.4) is 0 Å². The fraction of sp³-hybridized carbons (Fsp3) is 0. The van der Waals surface area contributed by atoms with E-state index in [1.165, 1.54) is 0 Å². The highest BCUT2D eigenvalue weighted by atomic mass is 32.3. The molecule has 0 aliphatic carbocycles. The van der Waals surface area contributed by atoms with E-state index in [4.69, 9.17) is 9.11 Å². The average Bonchev–Trinajstić information content (AvgIpc) is 1.49. The summed E-state index contributed by atoms with van der Waals surface area (Å²) in [7, 11) is -9.57. The summed E-state index contributed by atoms with van der Waals surface area (Å²) in [4.78, 5) is 0. The minimum Gasteiger partial charge on any atom is -0.273 e. The first-order chi connectivity index (χ1) is 5.10. The van der Waals surface area contributed by atoms with Crippen LogP contribution in [-0.2, 0) is 31.8 Å². The molecule has 0 bridgehead atoms. The monoisotopic (exact) mass is 240 g/mol. The summed E-state index contributed by atoms with van der Waals surface area (Å²) in [5, 5.41) is 0. The summed E-state index contributed by atoms with van der Waals surface area (Å²) in [6.45, 7) is 0. The van der Waals surface area contributed by atoms with Crippen molar-refractivity contribution in [3.8, 4) is 0 Å². The van der Waals surface area contributed by atoms with Gasteiger partial charge in [-0.3, -0.25) is 9.11 Å². The van der Waals surface area contributed by atoms with Gasteiger partial charge in [-0.25, -0.2) is 4.21 Å². The van der Waals surface area contributed by atoms with Crippen LogP contribution < -0.4 is 8.25 Å². The van der Waals surface area contributed by atoms with Crippen LogP contribution in [0, 0.1) is 0 Å². The van der Waals surface area contributed by atoms with Crippen LogP contribution in [0.5, 0.6) is 0 Å². The lowest BCUT2D eigenvalue weighted by Gasteiger charge is -1.98. The van der Waals surface area contributed by atoms with Gasteiger partial charge < -0.3 is 0 Å². The van der Waals surface area contributed by atoms with E-state index in [0.717, 1.165) is 8.25 Å². The summed E-state index contributed by atoms with van der Waals surface area (Å²) >= 11 is -2.83. The number of rotatable bonds is 4. The Morgan fingerprint density at radius 3 is 1.33 bits per heavy atom. The highest BCUT2D eigenvalue weighted by molar-refractivity contribution is 8.04. The Balaban J connectivity index is 4.30. The minimum atomic E-state index is -4.78. The van der Waals surface area contributed by atoms with Gasteiger partial charge in [-0.1, -0.05) is 8.25 Å². The molecule has 0 spiro atoms. The summed E-state index contributed by atoms with van der Waals surface area (Å²) in [6, 6.07) is 0. The molecule has 0 unspecified atom stereocenters. The maximum Gasteiger partial charge on any atom is 0.345 e. The third-order valence-corrected chi connectivity index (χ3v) is 3.26. The molecule has 0 aliphatic rings. The molecular formula is H4N2O7S3. The third-order valence-electron chi connectivity index (χ3n) is 0.362. The van der Waals surface area contributed by atoms with Crippen LogP contribution in [0.4, 0.5) is 0 Å². The summed E-state index contributed by atoms with van der Waals surface area (Å²) in [6.07, 6.45) is 0. The first kappa shape index (κ1) is 11.9. The van der Waals surface area contributed by atoms with Gasteiger partial charge in [0.25, 0.3) is 0 Å². The van der Waals surface area contributed by atoms with Crippen LogP contribution in [0.1, 0.15) is 0 Å². The first-order valence-electron chi connectivity index (χ1n) is 2.01. The topological polar surface area (TPSA) is 150 Å². The molecule has 4 N–H and O–H groups in total. The lowest BCUT2D eigenvalue weighted by Crippen LogP contribution is -2.37. The van der Waals surface area contributed by atoms with E-state index in [0.29, 0.717) is 0 Å². The maximum atomic E-state index is 10.3. The molecule has 0 saturated heterocycles. The number of hydrogen-bond acceptors (Lipinski definition) is 5. The largest absolute Gasteiger partial charge is 0.345 e. The maximum absolute atomic E-state index is 10.3. The molecule has 12 heavy (non-hydrogen) atoms. The Labute approximate surface area is 70.6 Å². The van der Waals surface area contributed by atoms with Crippen molar-refractivity contribution in [2.45, 2.75) is 0 Å². The molecule has 0 heterocycles. The van der Waals surface area contributed by atoms with Crippen molar-refractivity contribution in [2.75, 3.05) is 0 Å². The van der Waals surface area contributed by atoms with Gasteiger partial charge in [-0.15, -0.1) is 0 Å². The number of nitrogens with one attached hydrogen (secondary N) is 2. The van der Waals surface area contributed by atoms with Gasteiger partial charge in [0, 0.05) is 0 Å². The van der Waals surface area contributed by atoms with E-state index in [-0.39, 0.29) is 0 Å². The SMILES string of the molecule is O=S(NS(=O)(=O)O)NS(=O)(=O)O. The minimum absolute atomic E-state index is 0.925. The molecule has 0 saturated carbocycles. The van der Waals surface area contributed by atoms with Crippen LogP contribution in [0.15, 0.2) is 0 Å². The van der Waals surface area contributed by atoms with Crippen molar-refractivity contribution >= 4 is 31.8 Å². The van der Waals surface area contributed by atoms with E-state index in [1.54, 1.807) is 0 Å². The molecule has 0 aromatic carbocycles. The normalized spacial score (nSPS) is 13.6. The predicted octanol–water partition coefficient (Wildman–Crippen LogP) is -2.65. The Morgan fingerprint density at radius 1 is 0.917 bits per heavy atom. The number of hydrogen-bond donors (Lipinski definition) is 4. The molecule has 0 aromatic rings. The van der Waals surface area contributed by atoms with E-state index in [9.17, 15) is 21.0 Å². The van der Waals surface area contributed by atoms with Gasteiger partial charge in [0.1, 0.15) is 0 Å². The molecule has 0 radical (unpaired) electrons. The van der Waals surface area contributed by atoms with Crippen LogP contribution in [-0.4, -0.2) is 30.1 Å². The Hall–Kier alpha value is -0.110. The third kappa shape index (κ3) is 7.99. The molecule has 0 aromatic heterocycles. The van der Waals surface area contributed by atoms with Crippen molar-refractivity contribution in [1.29, 1.82) is 0 Å². The molecule has 74 valence electrons. The summed E-state index contributed by atoms with van der Waals surface area (Å²) in [5.41, 5.74) is 0. The van der Waals surface area contributed by atoms with Crippen LogP contribution >= 0.6 is 0 Å². The van der Waals surface area contributed by atoms with Gasteiger partial charge >= 0.3 is 20.6 Å². The van der Waals surface area contributed by atoms with E-state index < -0.39 is 31.8 Å². The molecule has 12 heteroatoms. The fourth-order valence-electron chi connectivity index (χ4n) is 0.208. The van der Waals surface area contributed by atoms with Crippen molar-refractivity contribution < 1.29 is 30.1 Å². The molecule has 0 rings (SSSR count). The van der Waals surface area contributed by atoms with Crippen molar-refractivity contribution in [1.82, 2.24) is 8.25 Å². The zero-order chi connectivity index (χ0) is 9.99. The van der Waals surface area contributed by atoms with Crippen molar-refractivity contribution in [3.05, 3.63) is 0 Å². The van der Waals surface area contributed by atoms with Crippen LogP contribution in [0.25, 0.3) is 0 Å². The van der Waals surface area contributed by atoms with Crippen molar-refractivity contribution in [3.63, 3.8) is 0 Å². The Kier molecular flexibility index (Phi) is 3.70. The first-order valence-corrected chi connectivity index (χ1v) is 6.04. The molecule has 0 aliphatic heterocycles. The highest BCUT2D eigenvalue weighted by Gasteiger charge is 2.14. The fourth-order valence-corrected chi connectivity index (χ4v) is 2.18.